The van der Waals surface area contributed by atoms with E-state index >= 15 is 0 Å². The van der Waals surface area contributed by atoms with E-state index in [1.165, 1.54) is 21.9 Å². The lowest BCUT2D eigenvalue weighted by atomic mass is 10.0. The lowest BCUT2D eigenvalue weighted by Gasteiger charge is -2.28. The van der Waals surface area contributed by atoms with E-state index in [-0.39, 0.29) is 0 Å². The number of hydrogen-bond donors (Lipinski definition) is 0. The summed E-state index contributed by atoms with van der Waals surface area (Å²) in [5, 5.41) is 2.37. The van der Waals surface area contributed by atoms with Crippen molar-refractivity contribution in [2.75, 3.05) is 4.90 Å². The van der Waals surface area contributed by atoms with E-state index in [9.17, 15) is 0 Å². The number of fused-ring (bicyclic) bond motifs is 3. The van der Waals surface area contributed by atoms with Gasteiger partial charge in [0.25, 0.3) is 0 Å². The standard InChI is InChI=1S/C34H23NO2/c1-2-9-24(10-3-1)25-17-19-27(20-18-25)35(30-14-8-12-26-11-4-5-13-29(26)30)28-21-22-33-34(23-28)37-32-16-7-6-15-31(32)36-33/h1-23H. The van der Waals surface area contributed by atoms with E-state index in [4.69, 9.17) is 9.47 Å². The van der Waals surface area contributed by atoms with Crippen molar-refractivity contribution in [2.45, 2.75) is 0 Å². The molecule has 7 rings (SSSR count). The van der Waals surface area contributed by atoms with E-state index in [1.54, 1.807) is 0 Å². The molecule has 6 aromatic carbocycles. The van der Waals surface area contributed by atoms with Crippen molar-refractivity contribution in [1.82, 2.24) is 0 Å². The molecule has 0 aromatic heterocycles. The van der Waals surface area contributed by atoms with Crippen LogP contribution in [0.1, 0.15) is 0 Å². The van der Waals surface area contributed by atoms with Gasteiger partial charge in [0, 0.05) is 17.1 Å². The minimum absolute atomic E-state index is 0.697. The van der Waals surface area contributed by atoms with Crippen LogP contribution in [0.4, 0.5) is 17.1 Å². The van der Waals surface area contributed by atoms with E-state index < -0.39 is 0 Å². The fourth-order valence-corrected chi connectivity index (χ4v) is 4.92. The highest BCUT2D eigenvalue weighted by Gasteiger charge is 2.22. The first-order valence-corrected chi connectivity index (χ1v) is 12.4. The number of ether oxygens (including phenoxy) is 2. The molecule has 0 unspecified atom stereocenters. The van der Waals surface area contributed by atoms with Gasteiger partial charge in [0.15, 0.2) is 23.0 Å². The van der Waals surface area contributed by atoms with Crippen LogP contribution in [-0.2, 0) is 0 Å². The molecule has 0 saturated carbocycles. The van der Waals surface area contributed by atoms with Crippen molar-refractivity contribution in [3.63, 3.8) is 0 Å². The highest BCUT2D eigenvalue weighted by atomic mass is 16.6. The predicted octanol–water partition coefficient (Wildman–Crippen LogP) is 9.87. The minimum atomic E-state index is 0.697. The number of rotatable bonds is 4. The molecule has 0 saturated heterocycles. The third-order valence-electron chi connectivity index (χ3n) is 6.71. The van der Waals surface area contributed by atoms with Crippen molar-refractivity contribution in [3.8, 4) is 34.1 Å². The van der Waals surface area contributed by atoms with Gasteiger partial charge in [-0.05, 0) is 59.0 Å². The highest BCUT2D eigenvalue weighted by molar-refractivity contribution is 5.99. The average Bonchev–Trinajstić information content (AvgIpc) is 2.97. The van der Waals surface area contributed by atoms with Gasteiger partial charge >= 0.3 is 0 Å². The summed E-state index contributed by atoms with van der Waals surface area (Å²) in [5.74, 6) is 2.85. The zero-order valence-corrected chi connectivity index (χ0v) is 20.0. The smallest absolute Gasteiger partial charge is 0.172 e. The molecular weight excluding hydrogens is 454 g/mol. The van der Waals surface area contributed by atoms with Crippen molar-refractivity contribution in [3.05, 3.63) is 140 Å². The summed E-state index contributed by atoms with van der Waals surface area (Å²) < 4.78 is 12.4. The van der Waals surface area contributed by atoms with Crippen LogP contribution in [0.2, 0.25) is 0 Å². The molecule has 176 valence electrons. The molecule has 0 aliphatic carbocycles. The van der Waals surface area contributed by atoms with E-state index in [1.807, 2.05) is 36.4 Å². The number of nitrogens with zero attached hydrogens (tertiary/aromatic N) is 1. The molecule has 3 nitrogen and oxygen atoms in total. The molecule has 0 N–H and O–H groups in total. The lowest BCUT2D eigenvalue weighted by molar-refractivity contribution is 0.360. The SMILES string of the molecule is c1ccc(-c2ccc(N(c3ccc4c(c3)Oc3ccccc3O4)c3cccc4ccccc34)cc2)cc1. The average molecular weight is 478 g/mol. The Balaban J connectivity index is 1.37. The predicted molar refractivity (Wildman–Crippen MR) is 151 cm³/mol. The first kappa shape index (κ1) is 21.3. The van der Waals surface area contributed by atoms with Crippen LogP contribution >= 0.6 is 0 Å². The molecule has 0 amide bonds. The molecule has 0 spiro atoms. The van der Waals surface area contributed by atoms with Crippen molar-refractivity contribution in [2.24, 2.45) is 0 Å². The Morgan fingerprint density at radius 1 is 0.405 bits per heavy atom. The molecule has 1 heterocycles. The molecule has 0 bridgehead atoms. The number of para-hydroxylation sites is 2. The topological polar surface area (TPSA) is 21.7 Å². The fourth-order valence-electron chi connectivity index (χ4n) is 4.92. The Kier molecular flexibility index (Phi) is 5.11. The van der Waals surface area contributed by atoms with Gasteiger partial charge in [-0.25, -0.2) is 0 Å². The van der Waals surface area contributed by atoms with Gasteiger partial charge in [0.05, 0.1) is 11.4 Å². The normalized spacial score (nSPS) is 11.7. The summed E-state index contributed by atoms with van der Waals surface area (Å²) in [6.07, 6.45) is 0. The van der Waals surface area contributed by atoms with Crippen LogP contribution < -0.4 is 14.4 Å². The van der Waals surface area contributed by atoms with Gasteiger partial charge in [0.2, 0.25) is 0 Å². The monoisotopic (exact) mass is 477 g/mol. The summed E-state index contributed by atoms with van der Waals surface area (Å²) in [7, 11) is 0. The molecule has 3 heteroatoms. The molecular formula is C34H23NO2. The molecule has 1 aliphatic heterocycles. The molecule has 0 fully saturated rings. The van der Waals surface area contributed by atoms with Gasteiger partial charge in [-0.2, -0.15) is 0 Å². The van der Waals surface area contributed by atoms with Crippen molar-refractivity contribution >= 4 is 27.8 Å². The van der Waals surface area contributed by atoms with Crippen LogP contribution in [0, 0.1) is 0 Å². The summed E-state index contributed by atoms with van der Waals surface area (Å²) in [6.45, 7) is 0. The Bertz CT molecular complexity index is 1720. The molecule has 1 aliphatic rings. The van der Waals surface area contributed by atoms with Crippen molar-refractivity contribution in [1.29, 1.82) is 0 Å². The molecule has 0 radical (unpaired) electrons. The Morgan fingerprint density at radius 2 is 1.00 bits per heavy atom. The quantitative estimate of drug-likeness (QED) is 0.252. The Labute approximate surface area is 215 Å². The molecule has 0 atom stereocenters. The maximum absolute atomic E-state index is 6.25. The number of hydrogen-bond acceptors (Lipinski definition) is 3. The van der Waals surface area contributed by atoms with Gasteiger partial charge in [0.1, 0.15) is 0 Å². The minimum Gasteiger partial charge on any atom is -0.450 e. The second-order valence-corrected chi connectivity index (χ2v) is 9.03. The highest BCUT2D eigenvalue weighted by Crippen LogP contribution is 2.48. The first-order chi connectivity index (χ1) is 18.3. The van der Waals surface area contributed by atoms with E-state index in [0.29, 0.717) is 11.5 Å². The maximum Gasteiger partial charge on any atom is 0.172 e. The van der Waals surface area contributed by atoms with Crippen LogP contribution in [0.5, 0.6) is 23.0 Å². The summed E-state index contributed by atoms with van der Waals surface area (Å²) in [5.41, 5.74) is 5.53. The second-order valence-electron chi connectivity index (χ2n) is 9.03. The van der Waals surface area contributed by atoms with Gasteiger partial charge in [-0.1, -0.05) is 91.0 Å². The van der Waals surface area contributed by atoms with Gasteiger partial charge < -0.3 is 14.4 Å². The Hall–Kier alpha value is -5.02. The van der Waals surface area contributed by atoms with Crippen LogP contribution in [0.3, 0.4) is 0 Å². The molecule has 37 heavy (non-hydrogen) atoms. The first-order valence-electron chi connectivity index (χ1n) is 12.4. The molecule has 6 aromatic rings. The van der Waals surface area contributed by atoms with Crippen LogP contribution in [0.25, 0.3) is 21.9 Å². The van der Waals surface area contributed by atoms with Gasteiger partial charge in [-0.15, -0.1) is 0 Å². The fraction of sp³-hybridized carbons (Fsp3) is 0. The summed E-state index contributed by atoms with van der Waals surface area (Å²) in [4.78, 5) is 2.28. The summed E-state index contributed by atoms with van der Waals surface area (Å²) >= 11 is 0. The lowest BCUT2D eigenvalue weighted by Crippen LogP contribution is -2.11. The number of anilines is 3. The Morgan fingerprint density at radius 3 is 1.81 bits per heavy atom. The van der Waals surface area contributed by atoms with Crippen LogP contribution in [0.15, 0.2) is 140 Å². The third kappa shape index (κ3) is 3.87. The second kappa shape index (κ2) is 8.89. The van der Waals surface area contributed by atoms with E-state index in [2.05, 4.69) is 108 Å². The van der Waals surface area contributed by atoms with E-state index in [0.717, 1.165) is 28.6 Å². The maximum atomic E-state index is 6.25. The largest absolute Gasteiger partial charge is 0.450 e. The van der Waals surface area contributed by atoms with Gasteiger partial charge in [-0.3, -0.25) is 0 Å². The summed E-state index contributed by atoms with van der Waals surface area (Å²) in [6, 6.07) is 47.9. The zero-order valence-electron chi connectivity index (χ0n) is 20.0. The van der Waals surface area contributed by atoms with Crippen LogP contribution in [-0.4, -0.2) is 0 Å². The third-order valence-corrected chi connectivity index (χ3v) is 6.71. The number of benzene rings is 6. The zero-order chi connectivity index (χ0) is 24.6. The van der Waals surface area contributed by atoms with Crippen molar-refractivity contribution < 1.29 is 9.47 Å².